The van der Waals surface area contributed by atoms with E-state index < -0.39 is 61.9 Å². The van der Waals surface area contributed by atoms with Gasteiger partial charge in [0.05, 0.1) is 40.1 Å². The van der Waals surface area contributed by atoms with E-state index in [4.69, 9.17) is 52.1 Å². The minimum absolute atomic E-state index is 0.00514. The van der Waals surface area contributed by atoms with Gasteiger partial charge in [-0.05, 0) is 47.5 Å². The van der Waals surface area contributed by atoms with Crippen molar-refractivity contribution in [3.05, 3.63) is 78.4 Å². The van der Waals surface area contributed by atoms with Gasteiger partial charge in [0.15, 0.2) is 41.5 Å². The van der Waals surface area contributed by atoms with E-state index in [2.05, 4.69) is 13.2 Å². The van der Waals surface area contributed by atoms with Crippen LogP contribution in [0.2, 0.25) is 0 Å². The van der Waals surface area contributed by atoms with Crippen LogP contribution in [0.3, 0.4) is 0 Å². The molecule has 0 N–H and O–H groups in total. The molecule has 2 aromatic rings. The van der Waals surface area contributed by atoms with Gasteiger partial charge in [-0.2, -0.15) is 0 Å². The number of esters is 4. The average Bonchev–Trinajstić information content (AvgIpc) is 3.75. The SMILES string of the molecule is C=CC(=O)OCOc1c(C=O)cc(/C=C/C(=O)OC2COC3C(OC(=O)/C=C/c4cc(OC)c(OCOC(=O)C=C)c(OC)c4)COC23)cc1OC. The molecule has 0 aromatic heterocycles. The van der Waals surface area contributed by atoms with Gasteiger partial charge < -0.3 is 52.1 Å². The fourth-order valence-electron chi connectivity index (χ4n) is 5.02. The summed E-state index contributed by atoms with van der Waals surface area (Å²) in [6.07, 6.45) is 4.81. The highest BCUT2D eigenvalue weighted by Crippen LogP contribution is 2.39. The number of carbonyl (C=O) groups excluding carboxylic acids is 5. The van der Waals surface area contributed by atoms with Gasteiger partial charge in [-0.25, -0.2) is 19.2 Å². The van der Waals surface area contributed by atoms with Gasteiger partial charge in [-0.1, -0.05) is 13.2 Å². The lowest BCUT2D eigenvalue weighted by molar-refractivity contribution is -0.149. The van der Waals surface area contributed by atoms with Crippen LogP contribution in [0.25, 0.3) is 12.2 Å². The Morgan fingerprint density at radius 1 is 0.673 bits per heavy atom. The fraction of sp³-hybridized carbons (Fsp3) is 0.306. The molecule has 2 aromatic carbocycles. The molecule has 4 rings (SSSR count). The van der Waals surface area contributed by atoms with Gasteiger partial charge in [-0.3, -0.25) is 4.79 Å². The van der Waals surface area contributed by atoms with Crippen LogP contribution in [0.4, 0.5) is 0 Å². The molecular formula is C36H36O16. The van der Waals surface area contributed by atoms with Crippen molar-refractivity contribution in [1.29, 1.82) is 0 Å². The van der Waals surface area contributed by atoms with E-state index >= 15 is 0 Å². The summed E-state index contributed by atoms with van der Waals surface area (Å²) in [6.45, 7) is 5.73. The number of hydrogen-bond donors (Lipinski definition) is 0. The Morgan fingerprint density at radius 2 is 1.10 bits per heavy atom. The van der Waals surface area contributed by atoms with Gasteiger partial charge in [-0.15, -0.1) is 0 Å². The topological polar surface area (TPSA) is 187 Å². The molecule has 2 fully saturated rings. The Bertz CT molecular complexity index is 1700. The van der Waals surface area contributed by atoms with Crippen LogP contribution in [0, 0.1) is 0 Å². The molecule has 2 aliphatic heterocycles. The molecule has 276 valence electrons. The van der Waals surface area contributed by atoms with Crippen molar-refractivity contribution in [2.75, 3.05) is 48.1 Å². The second-order valence-corrected chi connectivity index (χ2v) is 10.6. The van der Waals surface area contributed by atoms with Crippen LogP contribution in [0.15, 0.2) is 61.7 Å². The zero-order chi connectivity index (χ0) is 37.6. The maximum atomic E-state index is 12.7. The Morgan fingerprint density at radius 3 is 1.52 bits per heavy atom. The Labute approximate surface area is 298 Å². The third-order valence-corrected chi connectivity index (χ3v) is 7.40. The molecular weight excluding hydrogens is 688 g/mol. The Hall–Kier alpha value is -6.13. The average molecular weight is 725 g/mol. The van der Waals surface area contributed by atoms with Gasteiger partial charge in [0, 0.05) is 24.3 Å². The maximum Gasteiger partial charge on any atom is 0.333 e. The van der Waals surface area contributed by atoms with Gasteiger partial charge in [0.25, 0.3) is 0 Å². The molecule has 0 spiro atoms. The number of hydrogen-bond acceptors (Lipinski definition) is 16. The first-order valence-corrected chi connectivity index (χ1v) is 15.4. The zero-order valence-corrected chi connectivity index (χ0v) is 28.4. The number of methoxy groups -OCH3 is 3. The number of benzene rings is 2. The summed E-state index contributed by atoms with van der Waals surface area (Å²) in [5, 5.41) is 0. The van der Waals surface area contributed by atoms with Crippen LogP contribution in [-0.2, 0) is 47.6 Å². The molecule has 2 heterocycles. The minimum atomic E-state index is -0.781. The van der Waals surface area contributed by atoms with E-state index in [0.717, 1.165) is 18.2 Å². The normalized spacial score (nSPS) is 18.9. The summed E-state index contributed by atoms with van der Waals surface area (Å²) in [5.41, 5.74) is 1.00. The summed E-state index contributed by atoms with van der Waals surface area (Å²) in [7, 11) is 4.17. The Kier molecular flexibility index (Phi) is 13.9. The van der Waals surface area contributed by atoms with Crippen LogP contribution in [-0.4, -0.2) is 103 Å². The Balaban J connectivity index is 1.32. The number of ether oxygens (including phenoxy) is 11. The highest BCUT2D eigenvalue weighted by molar-refractivity contribution is 5.89. The van der Waals surface area contributed by atoms with E-state index in [1.54, 1.807) is 12.1 Å². The van der Waals surface area contributed by atoms with Crippen molar-refractivity contribution in [3.8, 4) is 28.7 Å². The van der Waals surface area contributed by atoms with Crippen LogP contribution >= 0.6 is 0 Å². The van der Waals surface area contributed by atoms with Crippen molar-refractivity contribution in [2.24, 2.45) is 0 Å². The molecule has 4 atom stereocenters. The number of fused-ring (bicyclic) bond motifs is 1. The second kappa shape index (κ2) is 18.7. The fourth-order valence-corrected chi connectivity index (χ4v) is 5.02. The lowest BCUT2D eigenvalue weighted by atomic mass is 10.1. The molecule has 2 saturated heterocycles. The van der Waals surface area contributed by atoms with Crippen molar-refractivity contribution in [1.82, 2.24) is 0 Å². The summed E-state index contributed by atoms with van der Waals surface area (Å²) in [6, 6.07) is 6.10. The molecule has 0 aliphatic carbocycles. The highest BCUT2D eigenvalue weighted by atomic mass is 16.7. The predicted molar refractivity (Wildman–Crippen MR) is 179 cm³/mol. The summed E-state index contributed by atoms with van der Waals surface area (Å²) < 4.78 is 59.2. The zero-order valence-electron chi connectivity index (χ0n) is 28.4. The van der Waals surface area contributed by atoms with Crippen LogP contribution in [0.1, 0.15) is 21.5 Å². The first-order valence-electron chi connectivity index (χ1n) is 15.4. The molecule has 0 saturated carbocycles. The largest absolute Gasteiger partial charge is 0.493 e. The molecule has 2 aliphatic rings. The molecule has 0 amide bonds. The highest BCUT2D eigenvalue weighted by Gasteiger charge is 2.51. The molecule has 16 heteroatoms. The van der Waals surface area contributed by atoms with Crippen LogP contribution in [0.5, 0.6) is 28.7 Å². The van der Waals surface area contributed by atoms with Crippen molar-refractivity contribution >= 4 is 42.3 Å². The quantitative estimate of drug-likeness (QED) is 0.0717. The third-order valence-electron chi connectivity index (χ3n) is 7.40. The number of carbonyl (C=O) groups is 5. The van der Waals surface area contributed by atoms with E-state index in [-0.39, 0.29) is 47.5 Å². The lowest BCUT2D eigenvalue weighted by Crippen LogP contribution is -2.35. The summed E-state index contributed by atoms with van der Waals surface area (Å²) >= 11 is 0. The van der Waals surface area contributed by atoms with Crippen molar-refractivity contribution in [2.45, 2.75) is 24.4 Å². The maximum absolute atomic E-state index is 12.7. The number of rotatable bonds is 18. The molecule has 4 unspecified atom stereocenters. The van der Waals surface area contributed by atoms with Gasteiger partial charge in [0.1, 0.15) is 12.2 Å². The second-order valence-electron chi connectivity index (χ2n) is 10.6. The molecule has 0 bridgehead atoms. The molecule has 0 radical (unpaired) electrons. The van der Waals surface area contributed by atoms with E-state index in [9.17, 15) is 24.0 Å². The van der Waals surface area contributed by atoms with Crippen LogP contribution < -0.4 is 23.7 Å². The van der Waals surface area contributed by atoms with E-state index in [1.165, 1.54) is 51.7 Å². The first kappa shape index (κ1) is 38.7. The van der Waals surface area contributed by atoms with Gasteiger partial charge in [0.2, 0.25) is 19.3 Å². The van der Waals surface area contributed by atoms with Crippen molar-refractivity contribution < 1.29 is 76.1 Å². The summed E-state index contributed by atoms with van der Waals surface area (Å²) in [4.78, 5) is 59.7. The molecule has 52 heavy (non-hydrogen) atoms. The van der Waals surface area contributed by atoms with E-state index in [0.29, 0.717) is 17.4 Å². The number of aldehydes is 1. The minimum Gasteiger partial charge on any atom is -0.493 e. The lowest BCUT2D eigenvalue weighted by Gasteiger charge is -2.16. The first-order chi connectivity index (χ1) is 25.1. The van der Waals surface area contributed by atoms with Gasteiger partial charge >= 0.3 is 23.9 Å². The predicted octanol–water partition coefficient (Wildman–Crippen LogP) is 3.00. The van der Waals surface area contributed by atoms with Crippen molar-refractivity contribution in [3.63, 3.8) is 0 Å². The third kappa shape index (κ3) is 9.98. The molecule has 16 nitrogen and oxygen atoms in total. The smallest absolute Gasteiger partial charge is 0.333 e. The monoisotopic (exact) mass is 724 g/mol. The van der Waals surface area contributed by atoms with E-state index in [1.807, 2.05) is 0 Å². The standard InChI is InChI=1S/C36H36O16/c1-6-29(38)47-19-49-33-23(16-37)12-21(13-24(33)42-3)8-10-31(40)51-27-17-45-36-28(18-46-35(27)36)52-32(41)11-9-22-14-25(43-4)34(26(15-22)44-5)50-20-48-30(39)7-2/h6-16,27-28,35-36H,1-2,17-20H2,3-5H3/b10-8+,11-9+. The summed E-state index contributed by atoms with van der Waals surface area (Å²) in [5.74, 6) is -1.90.